The fourth-order valence-electron chi connectivity index (χ4n) is 6.33. The van der Waals surface area contributed by atoms with Crippen molar-refractivity contribution in [2.45, 2.75) is 63.6 Å². The van der Waals surface area contributed by atoms with Crippen LogP contribution < -0.4 is 5.32 Å². The minimum atomic E-state index is -1.67. The van der Waals surface area contributed by atoms with Crippen molar-refractivity contribution < 1.29 is 18.7 Å². The standard InChI is InChI=1S/C22H27FN4O3/c1-19(2)6-14-16(15(28)7-19)21(13-8-24-26-17(13)25-14)9-20(30-12-21)10-27(11-20)18(29)22(23)4-3-5-22/h25H,3-12H2,1-2H3/t21-/m1/s1. The number of alkyl halides is 1. The van der Waals surface area contributed by atoms with E-state index < -0.39 is 22.6 Å². The normalized spacial score (nSPS) is 34.6. The second kappa shape index (κ2) is 5.58. The maximum atomic E-state index is 14.6. The Hall–Kier alpha value is -2.09. The van der Waals surface area contributed by atoms with Crippen LogP contribution in [0.3, 0.4) is 0 Å². The van der Waals surface area contributed by atoms with E-state index in [1.165, 1.54) is 0 Å². The number of nitrogens with one attached hydrogen (secondary N) is 1. The van der Waals surface area contributed by atoms with Crippen LogP contribution in [-0.4, -0.2) is 54.1 Å². The molecule has 8 heteroatoms. The number of ether oxygens (including phenoxy) is 1. The zero-order chi connectivity index (χ0) is 20.9. The number of Topliss-reactive ketones (excluding diaryl/α,β-unsaturated/α-hetero) is 1. The summed E-state index contributed by atoms with van der Waals surface area (Å²) in [5.74, 6) is 0.525. The molecule has 2 saturated heterocycles. The van der Waals surface area contributed by atoms with Crippen LogP contribution in [0.15, 0.2) is 32.9 Å². The highest BCUT2D eigenvalue weighted by Crippen LogP contribution is 2.59. The van der Waals surface area contributed by atoms with Gasteiger partial charge in [0.2, 0.25) is 0 Å². The number of hydrogen-bond acceptors (Lipinski definition) is 6. The molecule has 0 aromatic heterocycles. The number of allylic oxidation sites excluding steroid dienone is 1. The Morgan fingerprint density at radius 2 is 2.00 bits per heavy atom. The van der Waals surface area contributed by atoms with Crippen molar-refractivity contribution in [3.8, 4) is 0 Å². The molecule has 0 aromatic carbocycles. The molecule has 0 aromatic rings. The first-order chi connectivity index (χ1) is 14.2. The summed E-state index contributed by atoms with van der Waals surface area (Å²) in [6, 6.07) is 0. The average Bonchev–Trinajstić information content (AvgIpc) is 3.22. The lowest BCUT2D eigenvalue weighted by Crippen LogP contribution is -2.67. The largest absolute Gasteiger partial charge is 0.370 e. The van der Waals surface area contributed by atoms with Gasteiger partial charge in [0.15, 0.2) is 17.3 Å². The Labute approximate surface area is 174 Å². The monoisotopic (exact) mass is 414 g/mol. The third-order valence-electron chi connectivity index (χ3n) is 7.91. The molecule has 2 aliphatic carbocycles. The van der Waals surface area contributed by atoms with Gasteiger partial charge in [-0.1, -0.05) is 13.8 Å². The number of amides is 1. The van der Waals surface area contributed by atoms with E-state index in [0.717, 1.165) is 35.5 Å². The lowest BCUT2D eigenvalue weighted by atomic mass is 9.61. The molecule has 160 valence electrons. The van der Waals surface area contributed by atoms with Crippen LogP contribution in [0.5, 0.6) is 0 Å². The number of ketones is 1. The second-order valence-electron chi connectivity index (χ2n) is 10.9. The van der Waals surface area contributed by atoms with Crippen molar-refractivity contribution in [2.24, 2.45) is 21.1 Å². The topological polar surface area (TPSA) is 83.4 Å². The Morgan fingerprint density at radius 1 is 1.23 bits per heavy atom. The van der Waals surface area contributed by atoms with E-state index in [1.54, 1.807) is 4.90 Å². The van der Waals surface area contributed by atoms with Crippen molar-refractivity contribution in [2.75, 3.05) is 26.2 Å². The molecule has 1 N–H and O–H groups in total. The minimum Gasteiger partial charge on any atom is -0.370 e. The summed E-state index contributed by atoms with van der Waals surface area (Å²) in [6.07, 6.45) is 3.34. The molecule has 4 aliphatic heterocycles. The molecular formula is C22H27FN4O3. The number of fused-ring (bicyclic) bond motifs is 2. The van der Waals surface area contributed by atoms with E-state index in [2.05, 4.69) is 29.4 Å². The van der Waals surface area contributed by atoms with E-state index >= 15 is 0 Å². The molecular weight excluding hydrogens is 387 g/mol. The summed E-state index contributed by atoms with van der Waals surface area (Å²) in [7, 11) is 0. The van der Waals surface area contributed by atoms with E-state index in [0.29, 0.717) is 51.9 Å². The van der Waals surface area contributed by atoms with Crippen molar-refractivity contribution in [1.82, 2.24) is 10.2 Å². The van der Waals surface area contributed by atoms with Crippen molar-refractivity contribution in [3.63, 3.8) is 0 Å². The second-order valence-corrected chi connectivity index (χ2v) is 10.9. The van der Waals surface area contributed by atoms with E-state index in [-0.39, 0.29) is 11.2 Å². The zero-order valence-corrected chi connectivity index (χ0v) is 17.5. The molecule has 2 spiro atoms. The first-order valence-corrected chi connectivity index (χ1v) is 10.9. The van der Waals surface area contributed by atoms with Gasteiger partial charge in [-0.2, -0.15) is 5.11 Å². The SMILES string of the molecule is CC1(C)CC(=O)C2=C(C1)NC1=C(CN=N1)[C@@]21COC2(CN(C(=O)C3(F)CCC3)C2)C1. The molecule has 0 bridgehead atoms. The minimum absolute atomic E-state index is 0.104. The van der Waals surface area contributed by atoms with E-state index in [9.17, 15) is 14.0 Å². The maximum Gasteiger partial charge on any atom is 0.260 e. The van der Waals surface area contributed by atoms with Gasteiger partial charge in [-0.15, -0.1) is 5.11 Å². The van der Waals surface area contributed by atoms with Crippen LogP contribution >= 0.6 is 0 Å². The fourth-order valence-corrected chi connectivity index (χ4v) is 6.33. The zero-order valence-electron chi connectivity index (χ0n) is 17.5. The summed E-state index contributed by atoms with van der Waals surface area (Å²) >= 11 is 0. The Morgan fingerprint density at radius 3 is 2.70 bits per heavy atom. The van der Waals surface area contributed by atoms with E-state index in [1.807, 2.05) is 0 Å². The Balaban J connectivity index is 1.31. The predicted octanol–water partition coefficient (Wildman–Crippen LogP) is 2.79. The molecule has 6 aliphatic rings. The molecule has 3 fully saturated rings. The smallest absolute Gasteiger partial charge is 0.260 e. The van der Waals surface area contributed by atoms with E-state index in [4.69, 9.17) is 4.74 Å². The first-order valence-electron chi connectivity index (χ1n) is 10.9. The summed E-state index contributed by atoms with van der Waals surface area (Å²) < 4.78 is 20.9. The van der Waals surface area contributed by atoms with Gasteiger partial charge in [0.05, 0.1) is 31.7 Å². The van der Waals surface area contributed by atoms with Crippen LogP contribution in [0.2, 0.25) is 0 Å². The van der Waals surface area contributed by atoms with Crippen LogP contribution in [0, 0.1) is 10.8 Å². The quantitative estimate of drug-likeness (QED) is 0.715. The molecule has 0 unspecified atom stereocenters. The molecule has 1 amide bonds. The first kappa shape index (κ1) is 18.7. The molecule has 4 heterocycles. The highest BCUT2D eigenvalue weighted by Gasteiger charge is 2.64. The van der Waals surface area contributed by atoms with Gasteiger partial charge in [-0.3, -0.25) is 9.59 Å². The van der Waals surface area contributed by atoms with Crippen LogP contribution in [0.1, 0.15) is 52.4 Å². The summed E-state index contributed by atoms with van der Waals surface area (Å²) in [5.41, 5.74) is -0.0297. The molecule has 30 heavy (non-hydrogen) atoms. The van der Waals surface area contributed by atoms with Gasteiger partial charge in [0.1, 0.15) is 5.60 Å². The van der Waals surface area contributed by atoms with Gasteiger partial charge < -0.3 is 15.0 Å². The summed E-state index contributed by atoms with van der Waals surface area (Å²) in [4.78, 5) is 27.5. The lowest BCUT2D eigenvalue weighted by molar-refractivity contribution is -0.174. The number of rotatable bonds is 1. The van der Waals surface area contributed by atoms with Crippen LogP contribution in [0.25, 0.3) is 0 Å². The van der Waals surface area contributed by atoms with Crippen molar-refractivity contribution in [1.29, 1.82) is 0 Å². The number of carbonyl (C=O) groups is 2. The Kier molecular flexibility index (Phi) is 3.47. The molecule has 7 nitrogen and oxygen atoms in total. The Bertz CT molecular complexity index is 971. The summed E-state index contributed by atoms with van der Waals surface area (Å²) in [6.45, 7) is 5.87. The van der Waals surface area contributed by atoms with Gasteiger partial charge in [-0.25, -0.2) is 4.39 Å². The third kappa shape index (κ3) is 2.34. The van der Waals surface area contributed by atoms with Gasteiger partial charge in [0, 0.05) is 23.3 Å². The maximum absolute atomic E-state index is 14.6. The highest BCUT2D eigenvalue weighted by atomic mass is 19.1. The van der Waals surface area contributed by atoms with Gasteiger partial charge >= 0.3 is 0 Å². The molecule has 0 radical (unpaired) electrons. The number of azo groups is 1. The summed E-state index contributed by atoms with van der Waals surface area (Å²) in [5, 5.41) is 11.9. The molecule has 1 saturated carbocycles. The lowest BCUT2D eigenvalue weighted by Gasteiger charge is -2.51. The predicted molar refractivity (Wildman–Crippen MR) is 105 cm³/mol. The van der Waals surface area contributed by atoms with Crippen molar-refractivity contribution in [3.05, 3.63) is 22.7 Å². The number of nitrogens with zero attached hydrogens (tertiary/aromatic N) is 3. The van der Waals surface area contributed by atoms with Crippen LogP contribution in [-0.2, 0) is 14.3 Å². The number of hydrogen-bond donors (Lipinski definition) is 1. The average molecular weight is 414 g/mol. The highest BCUT2D eigenvalue weighted by molar-refractivity contribution is 6.00. The van der Waals surface area contributed by atoms with Crippen molar-refractivity contribution >= 4 is 11.7 Å². The molecule has 1 atom stereocenters. The molecule has 6 rings (SSSR count). The van der Waals surface area contributed by atoms with Gasteiger partial charge in [0.25, 0.3) is 5.91 Å². The fraction of sp³-hybridized carbons (Fsp3) is 0.727. The number of halogens is 1. The third-order valence-corrected chi connectivity index (χ3v) is 7.91. The number of dihydropyridines is 1. The number of carbonyl (C=O) groups excluding carboxylic acids is 2. The number of likely N-dealkylation sites (tertiary alicyclic amines) is 1. The van der Waals surface area contributed by atoms with Crippen LogP contribution in [0.4, 0.5) is 4.39 Å². The van der Waals surface area contributed by atoms with Gasteiger partial charge in [-0.05, 0) is 37.5 Å².